The van der Waals surface area contributed by atoms with Gasteiger partial charge in [0.2, 0.25) is 5.88 Å². The quantitative estimate of drug-likeness (QED) is 0.757. The van der Waals surface area contributed by atoms with Gasteiger partial charge in [-0.25, -0.2) is 4.98 Å². The molecule has 1 saturated carbocycles. The first kappa shape index (κ1) is 20.3. The van der Waals surface area contributed by atoms with Crippen LogP contribution in [0.4, 0.5) is 0 Å². The Morgan fingerprint density at radius 3 is 2.61 bits per heavy atom. The highest BCUT2D eigenvalue weighted by molar-refractivity contribution is 5.95. The average Bonchev–Trinajstić information content (AvgIpc) is 3.52. The molecule has 6 nitrogen and oxygen atoms in total. The zero-order valence-electron chi connectivity index (χ0n) is 17.1. The Hall–Kier alpha value is -2.47. The number of ether oxygens (including phenoxy) is 1. The van der Waals surface area contributed by atoms with Crippen LogP contribution in [0.25, 0.3) is 0 Å². The molecule has 2 aromatic heterocycles. The number of hydrogen-bond donors (Lipinski definition) is 1. The third-order valence-corrected chi connectivity index (χ3v) is 5.04. The molecule has 28 heavy (non-hydrogen) atoms. The normalized spacial score (nSPS) is 14.0. The van der Waals surface area contributed by atoms with E-state index >= 15 is 0 Å². The molecular weight excluding hydrogens is 354 g/mol. The lowest BCUT2D eigenvalue weighted by atomic mass is 10.0. The van der Waals surface area contributed by atoms with E-state index in [0.29, 0.717) is 42.6 Å². The Morgan fingerprint density at radius 1 is 1.25 bits per heavy atom. The number of carbonyl (C=O) groups excluding carboxylic acids is 1. The largest absolute Gasteiger partial charge is 0.481 e. The van der Waals surface area contributed by atoms with Crippen molar-refractivity contribution in [2.24, 2.45) is 0 Å². The summed E-state index contributed by atoms with van der Waals surface area (Å²) in [5.41, 5.74) is 2.04. The fourth-order valence-corrected chi connectivity index (χ4v) is 3.20. The number of aliphatic hydroxyl groups is 1. The van der Waals surface area contributed by atoms with Crippen molar-refractivity contribution in [2.45, 2.75) is 51.6 Å². The van der Waals surface area contributed by atoms with E-state index in [4.69, 9.17) is 4.74 Å². The number of carbonyl (C=O) groups is 1. The Morgan fingerprint density at radius 2 is 2.00 bits per heavy atom. The predicted octanol–water partition coefficient (Wildman–Crippen LogP) is 3.29. The van der Waals surface area contributed by atoms with Gasteiger partial charge in [-0.15, -0.1) is 0 Å². The number of pyridine rings is 2. The molecule has 0 radical (unpaired) electrons. The van der Waals surface area contributed by atoms with Gasteiger partial charge in [0.25, 0.3) is 5.91 Å². The third kappa shape index (κ3) is 4.68. The van der Waals surface area contributed by atoms with Crippen LogP contribution in [-0.4, -0.2) is 46.1 Å². The van der Waals surface area contributed by atoms with Crippen LogP contribution in [0.1, 0.15) is 67.0 Å². The Balaban J connectivity index is 1.75. The molecule has 1 aliphatic rings. The van der Waals surface area contributed by atoms with E-state index in [2.05, 4.69) is 9.97 Å². The maximum atomic E-state index is 13.2. The maximum absolute atomic E-state index is 13.2. The molecule has 2 heterocycles. The summed E-state index contributed by atoms with van der Waals surface area (Å²) in [5, 5.41) is 10.2. The van der Waals surface area contributed by atoms with E-state index in [0.717, 1.165) is 24.2 Å². The first-order valence-corrected chi connectivity index (χ1v) is 9.86. The molecule has 1 N–H and O–H groups in total. The summed E-state index contributed by atoms with van der Waals surface area (Å²) >= 11 is 0. The number of methoxy groups -OCH3 is 1. The molecular formula is C22H29N3O3. The summed E-state index contributed by atoms with van der Waals surface area (Å²) in [4.78, 5) is 24.1. The average molecular weight is 383 g/mol. The molecule has 0 spiro atoms. The summed E-state index contributed by atoms with van der Waals surface area (Å²) in [6, 6.07) is 9.22. The highest BCUT2D eigenvalue weighted by atomic mass is 16.5. The summed E-state index contributed by atoms with van der Waals surface area (Å²) in [7, 11) is 1.59. The monoisotopic (exact) mass is 383 g/mol. The van der Waals surface area contributed by atoms with Crippen LogP contribution < -0.4 is 4.74 Å². The van der Waals surface area contributed by atoms with Crippen LogP contribution in [0.2, 0.25) is 0 Å². The van der Waals surface area contributed by atoms with Crippen molar-refractivity contribution in [3.8, 4) is 5.88 Å². The van der Waals surface area contributed by atoms with Gasteiger partial charge < -0.3 is 14.7 Å². The van der Waals surface area contributed by atoms with Crippen molar-refractivity contribution < 1.29 is 14.6 Å². The minimum absolute atomic E-state index is 0.00167. The zero-order valence-corrected chi connectivity index (χ0v) is 17.1. The molecule has 1 fully saturated rings. The lowest BCUT2D eigenvalue weighted by Crippen LogP contribution is -2.33. The van der Waals surface area contributed by atoms with Gasteiger partial charge in [0.05, 0.1) is 24.1 Å². The fraction of sp³-hybridized carbons (Fsp3) is 0.500. The lowest BCUT2D eigenvalue weighted by Gasteiger charge is -2.23. The summed E-state index contributed by atoms with van der Waals surface area (Å²) < 4.78 is 5.23. The molecule has 0 aromatic carbocycles. The molecule has 150 valence electrons. The smallest absolute Gasteiger partial charge is 0.255 e. The van der Waals surface area contributed by atoms with Crippen molar-refractivity contribution in [1.82, 2.24) is 14.9 Å². The van der Waals surface area contributed by atoms with Gasteiger partial charge in [-0.1, -0.05) is 6.07 Å². The number of hydrogen-bond acceptors (Lipinski definition) is 5. The highest BCUT2D eigenvalue weighted by Crippen LogP contribution is 2.41. The predicted molar refractivity (Wildman–Crippen MR) is 108 cm³/mol. The third-order valence-electron chi connectivity index (χ3n) is 5.04. The molecule has 1 amide bonds. The van der Waals surface area contributed by atoms with Gasteiger partial charge in [-0.05, 0) is 51.8 Å². The van der Waals surface area contributed by atoms with Crippen LogP contribution >= 0.6 is 0 Å². The van der Waals surface area contributed by atoms with Crippen molar-refractivity contribution in [3.63, 3.8) is 0 Å². The standard InChI is InChI=1S/C22H29N3O3/c1-5-25(14-13-16-7-6-8-18(23-16)22(2,3)27)21(26)17-11-12-19(28-4)24-20(17)15-9-10-15/h6-8,11-12,15,27H,5,9-10,13-14H2,1-4H3. The Labute approximate surface area is 166 Å². The first-order chi connectivity index (χ1) is 13.3. The summed E-state index contributed by atoms with van der Waals surface area (Å²) in [6.07, 6.45) is 2.77. The van der Waals surface area contributed by atoms with E-state index in [1.54, 1.807) is 27.0 Å². The van der Waals surface area contributed by atoms with Crippen molar-refractivity contribution in [2.75, 3.05) is 20.2 Å². The summed E-state index contributed by atoms with van der Waals surface area (Å²) in [6.45, 7) is 6.59. The second-order valence-electron chi connectivity index (χ2n) is 7.77. The van der Waals surface area contributed by atoms with E-state index in [1.807, 2.05) is 36.1 Å². The van der Waals surface area contributed by atoms with Gasteiger partial charge in [0.15, 0.2) is 0 Å². The maximum Gasteiger partial charge on any atom is 0.255 e. The van der Waals surface area contributed by atoms with Gasteiger partial charge in [0, 0.05) is 37.2 Å². The van der Waals surface area contributed by atoms with Crippen LogP contribution in [-0.2, 0) is 12.0 Å². The SMILES string of the molecule is CCN(CCc1cccc(C(C)(C)O)n1)C(=O)c1ccc(OC)nc1C1CC1. The second kappa shape index (κ2) is 8.27. The van der Waals surface area contributed by atoms with E-state index in [9.17, 15) is 9.90 Å². The number of nitrogens with zero attached hydrogens (tertiary/aromatic N) is 3. The van der Waals surface area contributed by atoms with Gasteiger partial charge in [-0.3, -0.25) is 9.78 Å². The van der Waals surface area contributed by atoms with E-state index in [1.165, 1.54) is 0 Å². The van der Waals surface area contributed by atoms with Gasteiger partial charge in [0.1, 0.15) is 5.60 Å². The van der Waals surface area contributed by atoms with Crippen LogP contribution in [0, 0.1) is 0 Å². The minimum atomic E-state index is -0.982. The molecule has 3 rings (SSSR count). The zero-order chi connectivity index (χ0) is 20.3. The molecule has 0 saturated heterocycles. The van der Waals surface area contributed by atoms with Gasteiger partial charge >= 0.3 is 0 Å². The minimum Gasteiger partial charge on any atom is -0.481 e. The Bertz CT molecular complexity index is 841. The summed E-state index contributed by atoms with van der Waals surface area (Å²) in [5.74, 6) is 0.908. The number of aromatic nitrogens is 2. The number of rotatable bonds is 8. The van der Waals surface area contributed by atoms with E-state index in [-0.39, 0.29) is 5.91 Å². The van der Waals surface area contributed by atoms with Crippen molar-refractivity contribution in [3.05, 3.63) is 53.0 Å². The molecule has 1 aliphatic carbocycles. The van der Waals surface area contributed by atoms with Gasteiger partial charge in [-0.2, -0.15) is 0 Å². The molecule has 2 aromatic rings. The fourth-order valence-electron chi connectivity index (χ4n) is 3.20. The Kier molecular flexibility index (Phi) is 5.98. The van der Waals surface area contributed by atoms with Crippen LogP contribution in [0.5, 0.6) is 5.88 Å². The topological polar surface area (TPSA) is 75.5 Å². The molecule has 0 atom stereocenters. The lowest BCUT2D eigenvalue weighted by molar-refractivity contribution is 0.0728. The molecule has 0 aliphatic heterocycles. The number of likely N-dealkylation sites (N-methyl/N-ethyl adjacent to an activating group) is 1. The van der Waals surface area contributed by atoms with Crippen molar-refractivity contribution >= 4 is 5.91 Å². The highest BCUT2D eigenvalue weighted by Gasteiger charge is 2.31. The molecule has 0 unspecified atom stereocenters. The molecule has 0 bridgehead atoms. The van der Waals surface area contributed by atoms with E-state index < -0.39 is 5.60 Å². The van der Waals surface area contributed by atoms with Crippen LogP contribution in [0.3, 0.4) is 0 Å². The second-order valence-corrected chi connectivity index (χ2v) is 7.77. The van der Waals surface area contributed by atoms with Crippen LogP contribution in [0.15, 0.2) is 30.3 Å². The van der Waals surface area contributed by atoms with Crippen molar-refractivity contribution in [1.29, 1.82) is 0 Å². The first-order valence-electron chi connectivity index (χ1n) is 9.86. The molecule has 6 heteroatoms. The number of amides is 1.